The van der Waals surface area contributed by atoms with E-state index < -0.39 is 0 Å². The molecule has 0 radical (unpaired) electrons. The minimum Gasteiger partial charge on any atom is -0.319 e. The van der Waals surface area contributed by atoms with Crippen LogP contribution in [0.4, 0.5) is 5.69 Å². The summed E-state index contributed by atoms with van der Waals surface area (Å²) < 4.78 is 0. The van der Waals surface area contributed by atoms with Crippen molar-refractivity contribution in [3.8, 4) is 0 Å². The van der Waals surface area contributed by atoms with E-state index >= 15 is 0 Å². The first-order valence-electron chi connectivity index (χ1n) is 5.80. The maximum absolute atomic E-state index is 12.0. The zero-order chi connectivity index (χ0) is 13.2. The van der Waals surface area contributed by atoms with Crippen molar-refractivity contribution in [1.29, 1.82) is 0 Å². The van der Waals surface area contributed by atoms with E-state index in [0.717, 1.165) is 16.6 Å². The second kappa shape index (κ2) is 4.78. The number of thiazole rings is 1. The number of nitrogens with one attached hydrogen (secondary N) is 1. The largest absolute Gasteiger partial charge is 0.319 e. The highest BCUT2D eigenvalue weighted by Crippen LogP contribution is 2.22. The van der Waals surface area contributed by atoms with Gasteiger partial charge in [0.1, 0.15) is 5.69 Å². The highest BCUT2D eigenvalue weighted by atomic mass is 32.1. The Labute approximate surface area is 114 Å². The van der Waals surface area contributed by atoms with E-state index in [2.05, 4.69) is 15.3 Å². The standard InChI is InChI=1S/C14H11N3OS/c1-9-5-6-10-3-2-4-11(13(10)16-9)17-14(18)12-7-19-8-15-12/h2-8H,1H3,(H,17,18). The topological polar surface area (TPSA) is 54.9 Å². The number of anilines is 1. The smallest absolute Gasteiger partial charge is 0.275 e. The van der Waals surface area contributed by atoms with Gasteiger partial charge >= 0.3 is 0 Å². The van der Waals surface area contributed by atoms with E-state index in [9.17, 15) is 4.79 Å². The molecule has 0 spiro atoms. The molecule has 0 saturated heterocycles. The van der Waals surface area contributed by atoms with Crippen LogP contribution in [0.3, 0.4) is 0 Å². The summed E-state index contributed by atoms with van der Waals surface area (Å²) in [6, 6.07) is 9.67. The Morgan fingerprint density at radius 1 is 1.26 bits per heavy atom. The van der Waals surface area contributed by atoms with Crippen molar-refractivity contribution in [2.24, 2.45) is 0 Å². The Kier molecular flexibility index (Phi) is 2.97. The van der Waals surface area contributed by atoms with Crippen LogP contribution in [0.1, 0.15) is 16.2 Å². The van der Waals surface area contributed by atoms with Crippen LogP contribution >= 0.6 is 11.3 Å². The molecule has 0 atom stereocenters. The molecule has 5 heteroatoms. The number of carbonyl (C=O) groups excluding carboxylic acids is 1. The lowest BCUT2D eigenvalue weighted by Crippen LogP contribution is -2.12. The van der Waals surface area contributed by atoms with Gasteiger partial charge in [0.05, 0.1) is 16.7 Å². The zero-order valence-corrected chi connectivity index (χ0v) is 11.1. The molecule has 0 aliphatic carbocycles. The average molecular weight is 269 g/mol. The summed E-state index contributed by atoms with van der Waals surface area (Å²) in [6.45, 7) is 1.93. The molecule has 2 heterocycles. The Balaban J connectivity index is 2.01. The summed E-state index contributed by atoms with van der Waals surface area (Å²) in [4.78, 5) is 20.5. The molecular formula is C14H11N3OS. The van der Waals surface area contributed by atoms with Crippen LogP contribution in [-0.4, -0.2) is 15.9 Å². The molecule has 94 valence electrons. The molecule has 0 aliphatic heterocycles. The number of fused-ring (bicyclic) bond motifs is 1. The Morgan fingerprint density at radius 2 is 2.16 bits per heavy atom. The van der Waals surface area contributed by atoms with Crippen molar-refractivity contribution in [3.63, 3.8) is 0 Å². The lowest BCUT2D eigenvalue weighted by molar-refractivity contribution is 0.102. The summed E-state index contributed by atoms with van der Waals surface area (Å²) in [7, 11) is 0. The minimum absolute atomic E-state index is 0.211. The van der Waals surface area contributed by atoms with E-state index in [-0.39, 0.29) is 5.91 Å². The molecule has 0 unspecified atom stereocenters. The number of para-hydroxylation sites is 1. The SMILES string of the molecule is Cc1ccc2cccc(NC(=O)c3cscn3)c2n1. The highest BCUT2D eigenvalue weighted by Gasteiger charge is 2.10. The number of aryl methyl sites for hydroxylation is 1. The average Bonchev–Trinajstić information content (AvgIpc) is 2.93. The molecule has 4 nitrogen and oxygen atoms in total. The predicted octanol–water partition coefficient (Wildman–Crippen LogP) is 3.25. The fourth-order valence-corrected chi connectivity index (χ4v) is 2.39. The summed E-state index contributed by atoms with van der Waals surface area (Å²) in [5, 5.41) is 5.58. The number of benzene rings is 1. The number of pyridine rings is 1. The van der Waals surface area contributed by atoms with Gasteiger partial charge in [0, 0.05) is 16.5 Å². The third kappa shape index (κ3) is 2.32. The van der Waals surface area contributed by atoms with E-state index in [1.807, 2.05) is 37.3 Å². The third-order valence-electron chi connectivity index (χ3n) is 2.77. The normalized spacial score (nSPS) is 10.6. The maximum Gasteiger partial charge on any atom is 0.275 e. The van der Waals surface area contributed by atoms with Crippen LogP contribution in [0.25, 0.3) is 10.9 Å². The molecular weight excluding hydrogens is 258 g/mol. The zero-order valence-electron chi connectivity index (χ0n) is 10.3. The monoisotopic (exact) mass is 269 g/mol. The number of hydrogen-bond donors (Lipinski definition) is 1. The molecule has 19 heavy (non-hydrogen) atoms. The first-order valence-corrected chi connectivity index (χ1v) is 6.74. The fraction of sp³-hybridized carbons (Fsp3) is 0.0714. The van der Waals surface area contributed by atoms with E-state index in [4.69, 9.17) is 0 Å². The molecule has 0 bridgehead atoms. The van der Waals surface area contributed by atoms with Gasteiger partial charge < -0.3 is 5.32 Å². The van der Waals surface area contributed by atoms with Crippen LogP contribution in [0.2, 0.25) is 0 Å². The van der Waals surface area contributed by atoms with Gasteiger partial charge in [-0.3, -0.25) is 9.78 Å². The van der Waals surface area contributed by atoms with Crippen LogP contribution in [0, 0.1) is 6.92 Å². The highest BCUT2D eigenvalue weighted by molar-refractivity contribution is 7.07. The molecule has 2 aromatic heterocycles. The van der Waals surface area contributed by atoms with Crippen molar-refractivity contribution < 1.29 is 4.79 Å². The van der Waals surface area contributed by atoms with Crippen LogP contribution in [0.5, 0.6) is 0 Å². The van der Waals surface area contributed by atoms with Gasteiger partial charge in [0.25, 0.3) is 5.91 Å². The number of nitrogens with zero attached hydrogens (tertiary/aromatic N) is 2. The molecule has 0 aliphatic rings. The van der Waals surface area contributed by atoms with Gasteiger partial charge in [-0.2, -0.15) is 0 Å². The molecule has 3 aromatic rings. The summed E-state index contributed by atoms with van der Waals surface area (Å²) in [5.41, 5.74) is 4.49. The number of carbonyl (C=O) groups is 1. The predicted molar refractivity (Wildman–Crippen MR) is 76.5 cm³/mol. The number of amides is 1. The Bertz CT molecular complexity index is 738. The van der Waals surface area contributed by atoms with Crippen molar-refractivity contribution >= 4 is 33.8 Å². The van der Waals surface area contributed by atoms with E-state index in [1.165, 1.54) is 11.3 Å². The van der Waals surface area contributed by atoms with Gasteiger partial charge in [0.2, 0.25) is 0 Å². The van der Waals surface area contributed by atoms with Crippen LogP contribution in [0.15, 0.2) is 41.2 Å². The molecule has 3 rings (SSSR count). The molecule has 1 amide bonds. The summed E-state index contributed by atoms with van der Waals surface area (Å²) >= 11 is 1.40. The second-order valence-electron chi connectivity index (χ2n) is 4.16. The number of aromatic nitrogens is 2. The quantitative estimate of drug-likeness (QED) is 0.777. The summed E-state index contributed by atoms with van der Waals surface area (Å²) in [6.07, 6.45) is 0. The first kappa shape index (κ1) is 11.8. The minimum atomic E-state index is -0.211. The fourth-order valence-electron chi connectivity index (χ4n) is 1.86. The number of rotatable bonds is 2. The van der Waals surface area contributed by atoms with Crippen molar-refractivity contribution in [1.82, 2.24) is 9.97 Å². The van der Waals surface area contributed by atoms with Gasteiger partial charge in [-0.25, -0.2) is 4.98 Å². The van der Waals surface area contributed by atoms with E-state index in [0.29, 0.717) is 11.4 Å². The van der Waals surface area contributed by atoms with Gasteiger partial charge in [-0.1, -0.05) is 18.2 Å². The molecule has 1 aromatic carbocycles. The van der Waals surface area contributed by atoms with Crippen LogP contribution < -0.4 is 5.32 Å². The lowest BCUT2D eigenvalue weighted by Gasteiger charge is -2.07. The number of hydrogen-bond acceptors (Lipinski definition) is 4. The van der Waals surface area contributed by atoms with Crippen LogP contribution in [-0.2, 0) is 0 Å². The third-order valence-corrected chi connectivity index (χ3v) is 3.36. The van der Waals surface area contributed by atoms with Crippen molar-refractivity contribution in [2.75, 3.05) is 5.32 Å². The maximum atomic E-state index is 12.0. The van der Waals surface area contributed by atoms with Gasteiger partial charge in [-0.05, 0) is 19.1 Å². The second-order valence-corrected chi connectivity index (χ2v) is 4.88. The Morgan fingerprint density at radius 3 is 2.95 bits per heavy atom. The summed E-state index contributed by atoms with van der Waals surface area (Å²) in [5.74, 6) is -0.211. The van der Waals surface area contributed by atoms with Crippen molar-refractivity contribution in [2.45, 2.75) is 6.92 Å². The molecule has 0 saturated carbocycles. The van der Waals surface area contributed by atoms with E-state index in [1.54, 1.807) is 10.9 Å². The molecule has 1 N–H and O–H groups in total. The lowest BCUT2D eigenvalue weighted by atomic mass is 10.1. The van der Waals surface area contributed by atoms with Gasteiger partial charge in [-0.15, -0.1) is 11.3 Å². The van der Waals surface area contributed by atoms with Gasteiger partial charge in [0.15, 0.2) is 0 Å². The first-order chi connectivity index (χ1) is 9.24. The molecule has 0 fully saturated rings. The van der Waals surface area contributed by atoms with Crippen molar-refractivity contribution in [3.05, 3.63) is 52.6 Å². The Hall–Kier alpha value is -2.27.